The zero-order valence-corrected chi connectivity index (χ0v) is 7.19. The number of urea groups is 1. The van der Waals surface area contributed by atoms with Gasteiger partial charge in [0.1, 0.15) is 0 Å². The van der Waals surface area contributed by atoms with E-state index in [-0.39, 0.29) is 0 Å². The van der Waals surface area contributed by atoms with Crippen molar-refractivity contribution in [2.45, 2.75) is 6.04 Å². The molecule has 3 amide bonds. The van der Waals surface area contributed by atoms with Crippen LogP contribution in [0.5, 0.6) is 0 Å². The van der Waals surface area contributed by atoms with Gasteiger partial charge in [-0.3, -0.25) is 19.8 Å². The van der Waals surface area contributed by atoms with E-state index in [1.165, 1.54) is 0 Å². The Morgan fingerprint density at radius 1 is 1.62 bits per heavy atom. The van der Waals surface area contributed by atoms with Crippen molar-refractivity contribution in [1.82, 2.24) is 4.90 Å². The predicted molar refractivity (Wildman–Crippen MR) is 42.2 cm³/mol. The SMILES string of the molecule is CN1C(=O)N=C(Cl)C([N+](=O)[O-])C1=O. The minimum Gasteiger partial charge on any atom is -0.266 e. The van der Waals surface area contributed by atoms with E-state index in [1.807, 2.05) is 0 Å². The highest BCUT2D eigenvalue weighted by molar-refractivity contribution is 6.69. The molecule has 1 atom stereocenters. The lowest BCUT2D eigenvalue weighted by atomic mass is 10.2. The highest BCUT2D eigenvalue weighted by atomic mass is 35.5. The Bertz CT molecular complexity index is 326. The number of amides is 3. The Morgan fingerprint density at radius 2 is 2.15 bits per heavy atom. The standard InChI is InChI=1S/C5H4ClN3O4/c1-8-4(10)2(9(12)13)3(6)7-5(8)11/h2H,1H3. The summed E-state index contributed by atoms with van der Waals surface area (Å²) in [7, 11) is 1.11. The summed E-state index contributed by atoms with van der Waals surface area (Å²) in [5.41, 5.74) is 0. The first-order valence-electron chi connectivity index (χ1n) is 3.14. The van der Waals surface area contributed by atoms with Crippen LogP contribution >= 0.6 is 11.6 Å². The number of hydrogen-bond donors (Lipinski definition) is 0. The largest absolute Gasteiger partial charge is 0.351 e. The number of nitrogens with zero attached hydrogens (tertiary/aromatic N) is 3. The lowest BCUT2D eigenvalue weighted by Crippen LogP contribution is -2.49. The van der Waals surface area contributed by atoms with Gasteiger partial charge in [-0.15, -0.1) is 0 Å². The number of carbonyl (C=O) groups excluding carboxylic acids is 2. The molecule has 0 aromatic heterocycles. The van der Waals surface area contributed by atoms with Gasteiger partial charge in [0.15, 0.2) is 5.17 Å². The van der Waals surface area contributed by atoms with Gasteiger partial charge < -0.3 is 0 Å². The molecule has 0 aromatic carbocycles. The third-order valence-corrected chi connectivity index (χ3v) is 1.78. The fraction of sp³-hybridized carbons (Fsp3) is 0.400. The van der Waals surface area contributed by atoms with Crippen molar-refractivity contribution < 1.29 is 14.5 Å². The van der Waals surface area contributed by atoms with E-state index in [0.29, 0.717) is 4.90 Å². The highest BCUT2D eigenvalue weighted by Crippen LogP contribution is 2.11. The van der Waals surface area contributed by atoms with Crippen LogP contribution < -0.4 is 0 Å². The van der Waals surface area contributed by atoms with Crippen LogP contribution in [0.2, 0.25) is 0 Å². The molecule has 1 heterocycles. The molecular weight excluding hydrogens is 202 g/mol. The van der Waals surface area contributed by atoms with Gasteiger partial charge in [-0.25, -0.2) is 4.79 Å². The summed E-state index contributed by atoms with van der Waals surface area (Å²) in [5, 5.41) is 9.71. The average Bonchev–Trinajstić information content (AvgIpc) is 1.99. The van der Waals surface area contributed by atoms with E-state index in [2.05, 4.69) is 4.99 Å². The van der Waals surface area contributed by atoms with Crippen molar-refractivity contribution in [3.63, 3.8) is 0 Å². The van der Waals surface area contributed by atoms with E-state index >= 15 is 0 Å². The first-order valence-corrected chi connectivity index (χ1v) is 3.52. The van der Waals surface area contributed by atoms with Crippen LogP contribution in [0.15, 0.2) is 4.99 Å². The maximum absolute atomic E-state index is 11.1. The Morgan fingerprint density at radius 3 is 2.62 bits per heavy atom. The van der Waals surface area contributed by atoms with E-state index in [0.717, 1.165) is 7.05 Å². The Labute approximate surface area is 77.1 Å². The van der Waals surface area contributed by atoms with Gasteiger partial charge in [-0.2, -0.15) is 4.99 Å². The molecule has 13 heavy (non-hydrogen) atoms. The van der Waals surface area contributed by atoms with Crippen LogP contribution in [0.25, 0.3) is 0 Å². The fourth-order valence-electron chi connectivity index (χ4n) is 0.784. The van der Waals surface area contributed by atoms with Crippen LogP contribution in [0.1, 0.15) is 0 Å². The van der Waals surface area contributed by atoms with Gasteiger partial charge in [-0.1, -0.05) is 11.6 Å². The number of aliphatic imine (C=N–C) groups is 1. The lowest BCUT2D eigenvalue weighted by Gasteiger charge is -2.18. The van der Waals surface area contributed by atoms with Gasteiger partial charge in [0, 0.05) is 12.0 Å². The van der Waals surface area contributed by atoms with Gasteiger partial charge in [0.2, 0.25) is 0 Å². The van der Waals surface area contributed by atoms with E-state index < -0.39 is 28.1 Å². The van der Waals surface area contributed by atoms with Crippen LogP contribution in [0, 0.1) is 10.1 Å². The molecule has 0 aliphatic carbocycles. The molecule has 0 aromatic rings. The van der Waals surface area contributed by atoms with Gasteiger partial charge in [0.25, 0.3) is 0 Å². The molecule has 70 valence electrons. The summed E-state index contributed by atoms with van der Waals surface area (Å²) in [5.74, 6) is -0.977. The molecule has 8 heteroatoms. The second-order valence-electron chi connectivity index (χ2n) is 2.30. The zero-order chi connectivity index (χ0) is 10.2. The molecule has 0 saturated heterocycles. The van der Waals surface area contributed by atoms with Crippen molar-refractivity contribution in [3.05, 3.63) is 10.1 Å². The molecule has 1 rings (SSSR count). The van der Waals surface area contributed by atoms with E-state index in [9.17, 15) is 19.7 Å². The first kappa shape index (κ1) is 9.59. The van der Waals surface area contributed by atoms with Crippen molar-refractivity contribution in [1.29, 1.82) is 0 Å². The molecular formula is C5H4ClN3O4. The van der Waals surface area contributed by atoms with E-state index in [4.69, 9.17) is 11.6 Å². The second kappa shape index (κ2) is 3.09. The quantitative estimate of drug-likeness (QED) is 0.440. The third-order valence-electron chi connectivity index (χ3n) is 1.49. The molecule has 0 fully saturated rings. The molecule has 1 unspecified atom stereocenters. The van der Waals surface area contributed by atoms with Crippen molar-refractivity contribution in [2.24, 2.45) is 4.99 Å². The number of imide groups is 1. The molecule has 1 aliphatic heterocycles. The Kier molecular flexibility index (Phi) is 2.28. The second-order valence-corrected chi connectivity index (χ2v) is 2.69. The number of rotatable bonds is 1. The van der Waals surface area contributed by atoms with Crippen molar-refractivity contribution >= 4 is 28.7 Å². The normalized spacial score (nSPS) is 23.1. The van der Waals surface area contributed by atoms with Crippen molar-refractivity contribution in [3.8, 4) is 0 Å². The molecule has 1 aliphatic rings. The number of likely N-dealkylation sites (N-methyl/N-ethyl adjacent to an activating group) is 1. The highest BCUT2D eigenvalue weighted by Gasteiger charge is 2.43. The number of nitro groups is 1. The van der Waals surface area contributed by atoms with Crippen LogP contribution in [0.3, 0.4) is 0 Å². The van der Waals surface area contributed by atoms with Gasteiger partial charge in [-0.05, 0) is 0 Å². The van der Waals surface area contributed by atoms with Crippen LogP contribution in [-0.2, 0) is 4.79 Å². The summed E-state index contributed by atoms with van der Waals surface area (Å²) < 4.78 is 0. The molecule has 0 saturated carbocycles. The smallest absolute Gasteiger partial charge is 0.266 e. The molecule has 7 nitrogen and oxygen atoms in total. The topological polar surface area (TPSA) is 92.9 Å². The maximum atomic E-state index is 11.1. The predicted octanol–water partition coefficient (Wildman–Crippen LogP) is -0.139. The molecule has 0 bridgehead atoms. The minimum absolute atomic E-state index is 0.555. The summed E-state index contributed by atoms with van der Waals surface area (Å²) >= 11 is 5.27. The summed E-state index contributed by atoms with van der Waals surface area (Å²) in [4.78, 5) is 35.0. The third kappa shape index (κ3) is 1.50. The van der Waals surface area contributed by atoms with Crippen molar-refractivity contribution in [2.75, 3.05) is 7.05 Å². The monoisotopic (exact) mass is 205 g/mol. The van der Waals surface area contributed by atoms with E-state index in [1.54, 1.807) is 0 Å². The minimum atomic E-state index is -1.75. The molecule has 0 radical (unpaired) electrons. The van der Waals surface area contributed by atoms with Crippen LogP contribution in [0.4, 0.5) is 4.79 Å². The summed E-state index contributed by atoms with van der Waals surface area (Å²) in [6.07, 6.45) is 0. The van der Waals surface area contributed by atoms with Crippen LogP contribution in [-0.4, -0.2) is 40.0 Å². The first-order chi connectivity index (χ1) is 5.95. The number of halogens is 1. The molecule has 0 N–H and O–H groups in total. The Balaban J connectivity index is 3.12. The van der Waals surface area contributed by atoms with Gasteiger partial charge >= 0.3 is 18.0 Å². The number of hydrogen-bond acceptors (Lipinski definition) is 4. The summed E-state index contributed by atoms with van der Waals surface area (Å²) in [6.45, 7) is 0. The Hall–Kier alpha value is -1.50. The van der Waals surface area contributed by atoms with Gasteiger partial charge in [0.05, 0.1) is 0 Å². The maximum Gasteiger partial charge on any atom is 0.351 e. The average molecular weight is 206 g/mol. The summed E-state index contributed by atoms with van der Waals surface area (Å²) in [6, 6.07) is -2.64. The molecule has 0 spiro atoms. The fourth-order valence-corrected chi connectivity index (χ4v) is 1.03. The number of carbonyl (C=O) groups is 2. The lowest BCUT2D eigenvalue weighted by molar-refractivity contribution is -0.489. The zero-order valence-electron chi connectivity index (χ0n) is 6.43.